The number of rotatable bonds is 4. The molecule has 1 amide bonds. The van der Waals surface area contributed by atoms with Crippen LogP contribution in [0, 0.1) is 0 Å². The number of amides is 1. The summed E-state index contributed by atoms with van der Waals surface area (Å²) in [4.78, 5) is 16.1. The monoisotopic (exact) mass is 318 g/mol. The van der Waals surface area contributed by atoms with Gasteiger partial charge in [0.05, 0.1) is 12.7 Å². The summed E-state index contributed by atoms with van der Waals surface area (Å²) in [6.45, 7) is 5.37. The van der Waals surface area contributed by atoms with E-state index >= 15 is 0 Å². The SMILES string of the molecule is O=C(OCCN1CCOC(c2ccccc2)C1)N1CCCCC1. The van der Waals surface area contributed by atoms with Crippen LogP contribution in [0.4, 0.5) is 4.79 Å². The van der Waals surface area contributed by atoms with Gasteiger partial charge < -0.3 is 14.4 Å². The number of nitrogens with zero attached hydrogens (tertiary/aromatic N) is 2. The van der Waals surface area contributed by atoms with Crippen LogP contribution in [-0.2, 0) is 9.47 Å². The number of benzene rings is 1. The van der Waals surface area contributed by atoms with Gasteiger partial charge in [0.1, 0.15) is 6.61 Å². The van der Waals surface area contributed by atoms with Gasteiger partial charge in [0, 0.05) is 32.7 Å². The van der Waals surface area contributed by atoms with Crippen molar-refractivity contribution >= 4 is 6.09 Å². The number of hydrogen-bond acceptors (Lipinski definition) is 4. The summed E-state index contributed by atoms with van der Waals surface area (Å²) < 4.78 is 11.3. The molecule has 126 valence electrons. The molecular formula is C18H26N2O3. The lowest BCUT2D eigenvalue weighted by Crippen LogP contribution is -2.41. The van der Waals surface area contributed by atoms with Crippen LogP contribution in [-0.4, -0.2) is 61.8 Å². The first kappa shape index (κ1) is 16.3. The van der Waals surface area contributed by atoms with Gasteiger partial charge in [-0.2, -0.15) is 0 Å². The van der Waals surface area contributed by atoms with E-state index in [4.69, 9.17) is 9.47 Å². The molecule has 2 aliphatic heterocycles. The fourth-order valence-electron chi connectivity index (χ4n) is 3.20. The summed E-state index contributed by atoms with van der Waals surface area (Å²) in [6, 6.07) is 10.3. The van der Waals surface area contributed by atoms with E-state index in [9.17, 15) is 4.79 Å². The first-order valence-corrected chi connectivity index (χ1v) is 8.63. The maximum Gasteiger partial charge on any atom is 0.409 e. The number of morpholine rings is 1. The van der Waals surface area contributed by atoms with Crippen molar-refractivity contribution in [1.82, 2.24) is 9.80 Å². The van der Waals surface area contributed by atoms with Crippen LogP contribution in [0.1, 0.15) is 30.9 Å². The Morgan fingerprint density at radius 1 is 1.13 bits per heavy atom. The third kappa shape index (κ3) is 4.69. The van der Waals surface area contributed by atoms with Gasteiger partial charge in [-0.25, -0.2) is 4.79 Å². The fourth-order valence-corrected chi connectivity index (χ4v) is 3.20. The molecule has 0 aliphatic carbocycles. The standard InChI is InChI=1S/C18H26N2O3/c21-18(20-9-5-2-6-10-20)23-14-12-19-11-13-22-17(15-19)16-7-3-1-4-8-16/h1,3-4,7-8,17H,2,5-6,9-15H2. The molecule has 5 nitrogen and oxygen atoms in total. The molecule has 2 saturated heterocycles. The summed E-state index contributed by atoms with van der Waals surface area (Å²) in [6.07, 6.45) is 3.37. The fraction of sp³-hybridized carbons (Fsp3) is 0.611. The summed E-state index contributed by atoms with van der Waals surface area (Å²) >= 11 is 0. The topological polar surface area (TPSA) is 42.0 Å². The van der Waals surface area contributed by atoms with E-state index in [2.05, 4.69) is 17.0 Å². The highest BCUT2D eigenvalue weighted by Crippen LogP contribution is 2.21. The molecule has 1 unspecified atom stereocenters. The van der Waals surface area contributed by atoms with Crippen LogP contribution in [0.3, 0.4) is 0 Å². The van der Waals surface area contributed by atoms with Crippen molar-refractivity contribution in [2.45, 2.75) is 25.4 Å². The lowest BCUT2D eigenvalue weighted by Gasteiger charge is -2.33. The van der Waals surface area contributed by atoms with Gasteiger partial charge in [0.15, 0.2) is 0 Å². The van der Waals surface area contributed by atoms with Crippen molar-refractivity contribution in [1.29, 1.82) is 0 Å². The maximum atomic E-state index is 12.0. The van der Waals surface area contributed by atoms with Crippen LogP contribution < -0.4 is 0 Å². The average Bonchev–Trinajstić information content (AvgIpc) is 2.63. The Kier molecular flexibility index (Phi) is 5.88. The third-order valence-corrected chi connectivity index (χ3v) is 4.57. The molecule has 2 fully saturated rings. The van der Waals surface area contributed by atoms with Gasteiger partial charge in [-0.05, 0) is 24.8 Å². The second kappa shape index (κ2) is 8.31. The van der Waals surface area contributed by atoms with Crippen LogP contribution in [0.15, 0.2) is 30.3 Å². The second-order valence-electron chi connectivity index (χ2n) is 6.23. The van der Waals surface area contributed by atoms with E-state index in [0.29, 0.717) is 6.61 Å². The van der Waals surface area contributed by atoms with Crippen LogP contribution in [0.5, 0.6) is 0 Å². The highest BCUT2D eigenvalue weighted by molar-refractivity contribution is 5.67. The minimum Gasteiger partial charge on any atom is -0.448 e. The number of piperidine rings is 1. The Morgan fingerprint density at radius 2 is 1.91 bits per heavy atom. The molecule has 1 aromatic carbocycles. The lowest BCUT2D eigenvalue weighted by atomic mass is 10.1. The number of carbonyl (C=O) groups excluding carboxylic acids is 1. The van der Waals surface area contributed by atoms with E-state index < -0.39 is 0 Å². The Balaban J connectivity index is 1.40. The van der Waals surface area contributed by atoms with Crippen molar-refractivity contribution < 1.29 is 14.3 Å². The molecule has 5 heteroatoms. The van der Waals surface area contributed by atoms with Crippen molar-refractivity contribution in [2.24, 2.45) is 0 Å². The zero-order valence-corrected chi connectivity index (χ0v) is 13.7. The van der Waals surface area contributed by atoms with E-state index in [1.54, 1.807) is 0 Å². The normalized spacial score (nSPS) is 22.8. The third-order valence-electron chi connectivity index (χ3n) is 4.57. The van der Waals surface area contributed by atoms with Crippen LogP contribution in [0.2, 0.25) is 0 Å². The Labute approximate surface area is 138 Å². The highest BCUT2D eigenvalue weighted by atomic mass is 16.6. The van der Waals surface area contributed by atoms with Crippen molar-refractivity contribution in [3.8, 4) is 0 Å². The van der Waals surface area contributed by atoms with Gasteiger partial charge in [0.25, 0.3) is 0 Å². The van der Waals surface area contributed by atoms with Crippen molar-refractivity contribution in [2.75, 3.05) is 45.9 Å². The average molecular weight is 318 g/mol. The molecule has 0 spiro atoms. The van der Waals surface area contributed by atoms with E-state index in [1.165, 1.54) is 12.0 Å². The number of hydrogen-bond donors (Lipinski definition) is 0. The molecule has 0 saturated carbocycles. The predicted molar refractivity (Wildman–Crippen MR) is 88.3 cm³/mol. The molecule has 23 heavy (non-hydrogen) atoms. The number of likely N-dealkylation sites (tertiary alicyclic amines) is 1. The van der Waals surface area contributed by atoms with Gasteiger partial charge in [-0.15, -0.1) is 0 Å². The van der Waals surface area contributed by atoms with Crippen molar-refractivity contribution in [3.05, 3.63) is 35.9 Å². The molecular weight excluding hydrogens is 292 g/mol. The minimum absolute atomic E-state index is 0.114. The molecule has 0 N–H and O–H groups in total. The summed E-state index contributed by atoms with van der Waals surface area (Å²) in [5, 5.41) is 0. The largest absolute Gasteiger partial charge is 0.448 e. The summed E-state index contributed by atoms with van der Waals surface area (Å²) in [7, 11) is 0. The van der Waals surface area contributed by atoms with Gasteiger partial charge in [-0.1, -0.05) is 30.3 Å². The van der Waals surface area contributed by atoms with E-state index in [1.807, 2.05) is 23.1 Å². The predicted octanol–water partition coefficient (Wildman–Crippen LogP) is 2.68. The Bertz CT molecular complexity index is 488. The zero-order valence-electron chi connectivity index (χ0n) is 13.7. The molecule has 2 aliphatic rings. The van der Waals surface area contributed by atoms with E-state index in [0.717, 1.165) is 52.2 Å². The smallest absolute Gasteiger partial charge is 0.409 e. The van der Waals surface area contributed by atoms with Crippen LogP contribution in [0.25, 0.3) is 0 Å². The molecule has 1 aromatic rings. The Morgan fingerprint density at radius 3 is 2.70 bits per heavy atom. The first-order valence-electron chi connectivity index (χ1n) is 8.63. The number of carbonyl (C=O) groups is 1. The van der Waals surface area contributed by atoms with Gasteiger partial charge >= 0.3 is 6.09 Å². The summed E-state index contributed by atoms with van der Waals surface area (Å²) in [5.74, 6) is 0. The summed E-state index contributed by atoms with van der Waals surface area (Å²) in [5.41, 5.74) is 1.21. The molecule has 2 heterocycles. The quantitative estimate of drug-likeness (QED) is 0.856. The molecule has 3 rings (SSSR count). The maximum absolute atomic E-state index is 12.0. The van der Waals surface area contributed by atoms with Gasteiger partial charge in [-0.3, -0.25) is 4.90 Å². The van der Waals surface area contributed by atoms with Crippen molar-refractivity contribution in [3.63, 3.8) is 0 Å². The van der Waals surface area contributed by atoms with E-state index in [-0.39, 0.29) is 12.2 Å². The minimum atomic E-state index is -0.155. The Hall–Kier alpha value is -1.59. The highest BCUT2D eigenvalue weighted by Gasteiger charge is 2.22. The molecule has 1 atom stereocenters. The molecule has 0 bridgehead atoms. The van der Waals surface area contributed by atoms with Crippen LogP contribution >= 0.6 is 0 Å². The first-order chi connectivity index (χ1) is 11.3. The molecule has 0 radical (unpaired) electrons. The van der Waals surface area contributed by atoms with Gasteiger partial charge in [0.2, 0.25) is 0 Å². The zero-order chi connectivity index (χ0) is 15.9. The second-order valence-corrected chi connectivity index (χ2v) is 6.23. The lowest BCUT2D eigenvalue weighted by molar-refractivity contribution is -0.0353. The number of ether oxygens (including phenoxy) is 2. The molecule has 0 aromatic heterocycles.